The highest BCUT2D eigenvalue weighted by Crippen LogP contribution is 2.55. The Morgan fingerprint density at radius 1 is 0.935 bits per heavy atom. The van der Waals surface area contributed by atoms with Crippen LogP contribution in [0.15, 0.2) is 79.1 Å². The zero-order chi connectivity index (χ0) is 20.8. The van der Waals surface area contributed by atoms with Gasteiger partial charge in [-0.1, -0.05) is 54.6 Å². The van der Waals surface area contributed by atoms with E-state index in [0.717, 1.165) is 12.1 Å². The second-order valence-electron chi connectivity index (χ2n) is 8.30. The minimum Gasteiger partial charge on any atom is -0.352 e. The van der Waals surface area contributed by atoms with Gasteiger partial charge in [-0.25, -0.2) is 4.68 Å². The van der Waals surface area contributed by atoms with Gasteiger partial charge >= 0.3 is 0 Å². The van der Waals surface area contributed by atoms with Gasteiger partial charge in [-0.2, -0.15) is 0 Å². The zero-order valence-corrected chi connectivity index (χ0v) is 16.8. The smallest absolute Gasteiger partial charge is 0.251 e. The first-order chi connectivity index (χ1) is 15.3. The maximum absolute atomic E-state index is 12.9. The van der Waals surface area contributed by atoms with Crippen molar-refractivity contribution in [3.63, 3.8) is 0 Å². The highest BCUT2D eigenvalue weighted by atomic mass is 16.1. The van der Waals surface area contributed by atoms with Crippen LogP contribution in [0.3, 0.4) is 0 Å². The van der Waals surface area contributed by atoms with E-state index < -0.39 is 0 Å². The van der Waals surface area contributed by atoms with Crippen LogP contribution < -0.4 is 5.32 Å². The van der Waals surface area contributed by atoms with Crippen LogP contribution >= 0.6 is 0 Å². The summed E-state index contributed by atoms with van der Waals surface area (Å²) in [5.74, 6) is 1.03. The lowest BCUT2D eigenvalue weighted by atomic mass is 9.59. The van der Waals surface area contributed by atoms with Crippen LogP contribution in [0, 0.1) is 5.92 Å². The van der Waals surface area contributed by atoms with E-state index >= 15 is 0 Å². The Kier molecular flexibility index (Phi) is 4.16. The molecule has 0 radical (unpaired) electrons. The number of amides is 1. The number of hydrogen-bond donors (Lipinski definition) is 1. The molecule has 0 fully saturated rings. The van der Waals surface area contributed by atoms with E-state index in [4.69, 9.17) is 0 Å². The Hall–Kier alpha value is -3.80. The Bertz CT molecular complexity index is 1220. The van der Waals surface area contributed by atoms with Crippen LogP contribution in [0.2, 0.25) is 0 Å². The summed E-state index contributed by atoms with van der Waals surface area (Å²) in [7, 11) is 0. The third-order valence-corrected chi connectivity index (χ3v) is 6.67. The number of fused-ring (bicyclic) bond motifs is 1. The standard InChI is InChI=1S/C25H21N5O/c31-25(16-6-5-7-18(12-16)30-15-27-28-29-30)26-14-17-13-23-19-8-1-3-10-21(19)24(17)22-11-4-2-9-20(22)23/h1-12,15,17,23-24H,13-14H2,(H,26,31). The number of benzene rings is 3. The molecule has 2 bridgehead atoms. The molecule has 4 aromatic rings. The molecule has 1 atom stereocenters. The number of carbonyl (C=O) groups is 1. The van der Waals surface area contributed by atoms with Gasteiger partial charge in [0.1, 0.15) is 6.33 Å². The fraction of sp³-hybridized carbons (Fsp3) is 0.200. The van der Waals surface area contributed by atoms with Crippen molar-refractivity contribution < 1.29 is 4.79 Å². The number of nitrogens with zero attached hydrogens (tertiary/aromatic N) is 4. The second-order valence-corrected chi connectivity index (χ2v) is 8.30. The van der Waals surface area contributed by atoms with Gasteiger partial charge in [0.05, 0.1) is 5.69 Å². The monoisotopic (exact) mass is 407 g/mol. The number of aromatic nitrogens is 4. The Balaban J connectivity index is 1.25. The molecular formula is C25H21N5O. The molecular weight excluding hydrogens is 386 g/mol. The van der Waals surface area contributed by atoms with Crippen molar-refractivity contribution in [2.45, 2.75) is 18.3 Å². The van der Waals surface area contributed by atoms with E-state index in [1.807, 2.05) is 24.3 Å². The predicted octanol–water partition coefficient (Wildman–Crippen LogP) is 3.69. The summed E-state index contributed by atoms with van der Waals surface area (Å²) in [6.07, 6.45) is 2.58. The maximum Gasteiger partial charge on any atom is 0.251 e. The van der Waals surface area contributed by atoms with E-state index in [1.165, 1.54) is 28.6 Å². The van der Waals surface area contributed by atoms with E-state index in [9.17, 15) is 4.79 Å². The Morgan fingerprint density at radius 2 is 1.65 bits per heavy atom. The molecule has 6 heteroatoms. The molecule has 3 aromatic carbocycles. The van der Waals surface area contributed by atoms with Gasteiger partial charge in [0.25, 0.3) is 5.91 Å². The molecule has 1 unspecified atom stereocenters. The van der Waals surface area contributed by atoms with Gasteiger partial charge in [0.15, 0.2) is 0 Å². The fourth-order valence-corrected chi connectivity index (χ4v) is 5.35. The number of tetrazole rings is 1. The van der Waals surface area contributed by atoms with E-state index in [-0.39, 0.29) is 5.91 Å². The van der Waals surface area contributed by atoms with Gasteiger partial charge in [-0.05, 0) is 63.2 Å². The van der Waals surface area contributed by atoms with Crippen LogP contribution in [0.4, 0.5) is 0 Å². The molecule has 1 amide bonds. The molecule has 7 rings (SSSR count). The molecule has 3 aliphatic carbocycles. The maximum atomic E-state index is 12.9. The summed E-state index contributed by atoms with van der Waals surface area (Å²) < 4.78 is 1.55. The quantitative estimate of drug-likeness (QED) is 0.560. The van der Waals surface area contributed by atoms with Crippen LogP contribution in [-0.2, 0) is 0 Å². The zero-order valence-electron chi connectivity index (χ0n) is 16.8. The average Bonchev–Trinajstić information content (AvgIpc) is 3.38. The highest BCUT2D eigenvalue weighted by Gasteiger charge is 2.42. The summed E-state index contributed by atoms with van der Waals surface area (Å²) >= 11 is 0. The molecule has 1 heterocycles. The first-order valence-corrected chi connectivity index (χ1v) is 10.6. The lowest BCUT2D eigenvalue weighted by molar-refractivity contribution is 0.0943. The Labute approximate surface area is 179 Å². The summed E-state index contributed by atoms with van der Waals surface area (Å²) in [6.45, 7) is 0.651. The predicted molar refractivity (Wildman–Crippen MR) is 116 cm³/mol. The number of rotatable bonds is 4. The fourth-order valence-electron chi connectivity index (χ4n) is 5.35. The topological polar surface area (TPSA) is 72.7 Å². The van der Waals surface area contributed by atoms with Crippen LogP contribution in [0.1, 0.15) is 50.9 Å². The summed E-state index contributed by atoms with van der Waals surface area (Å²) in [5, 5.41) is 14.4. The third-order valence-electron chi connectivity index (χ3n) is 6.67. The molecule has 0 spiro atoms. The van der Waals surface area contributed by atoms with Gasteiger partial charge in [0, 0.05) is 23.9 Å². The van der Waals surface area contributed by atoms with Gasteiger partial charge < -0.3 is 5.32 Å². The molecule has 31 heavy (non-hydrogen) atoms. The molecule has 1 aromatic heterocycles. The second kappa shape index (κ2) is 7.16. The number of nitrogens with one attached hydrogen (secondary N) is 1. The molecule has 1 N–H and O–H groups in total. The molecule has 0 saturated heterocycles. The normalized spacial score (nSPS) is 20.7. The molecule has 152 valence electrons. The molecule has 0 saturated carbocycles. The van der Waals surface area contributed by atoms with Crippen LogP contribution in [0.25, 0.3) is 5.69 Å². The highest BCUT2D eigenvalue weighted by molar-refractivity contribution is 5.94. The number of hydrogen-bond acceptors (Lipinski definition) is 4. The lowest BCUT2D eigenvalue weighted by Crippen LogP contribution is -2.39. The van der Waals surface area contributed by atoms with E-state index in [2.05, 4.69) is 69.4 Å². The largest absolute Gasteiger partial charge is 0.352 e. The average molecular weight is 407 g/mol. The SMILES string of the molecule is O=C(NCC1CC2c3ccccc3C1c1ccccc12)c1cccc(-n2cnnn2)c1. The van der Waals surface area contributed by atoms with Crippen molar-refractivity contribution in [2.24, 2.45) is 5.92 Å². The first-order valence-electron chi connectivity index (χ1n) is 10.6. The summed E-state index contributed by atoms with van der Waals surface area (Å²) in [4.78, 5) is 12.9. The molecule has 6 nitrogen and oxygen atoms in total. The van der Waals surface area contributed by atoms with Crippen molar-refractivity contribution in [1.29, 1.82) is 0 Å². The lowest BCUT2D eigenvalue weighted by Gasteiger charge is -2.45. The minimum absolute atomic E-state index is 0.0714. The van der Waals surface area contributed by atoms with E-state index in [0.29, 0.717) is 29.9 Å². The van der Waals surface area contributed by atoms with Crippen molar-refractivity contribution in [2.75, 3.05) is 6.54 Å². The molecule has 0 aliphatic heterocycles. The van der Waals surface area contributed by atoms with Gasteiger partial charge in [-0.15, -0.1) is 5.10 Å². The number of carbonyl (C=O) groups excluding carboxylic acids is 1. The van der Waals surface area contributed by atoms with Crippen LogP contribution in [-0.4, -0.2) is 32.7 Å². The van der Waals surface area contributed by atoms with Crippen molar-refractivity contribution >= 4 is 5.91 Å². The third kappa shape index (κ3) is 2.94. The molecule has 3 aliphatic rings. The first kappa shape index (κ1) is 18.0. The van der Waals surface area contributed by atoms with Gasteiger partial charge in [-0.3, -0.25) is 4.79 Å². The van der Waals surface area contributed by atoms with Crippen molar-refractivity contribution in [3.05, 3.63) is 107 Å². The van der Waals surface area contributed by atoms with Crippen molar-refractivity contribution in [3.8, 4) is 5.69 Å². The summed E-state index contributed by atoms with van der Waals surface area (Å²) in [6, 6.07) is 24.9. The summed E-state index contributed by atoms with van der Waals surface area (Å²) in [5.41, 5.74) is 7.09. The van der Waals surface area contributed by atoms with Gasteiger partial charge in [0.2, 0.25) is 0 Å². The van der Waals surface area contributed by atoms with E-state index in [1.54, 1.807) is 4.68 Å². The van der Waals surface area contributed by atoms with Crippen LogP contribution in [0.5, 0.6) is 0 Å². The van der Waals surface area contributed by atoms with Crippen molar-refractivity contribution in [1.82, 2.24) is 25.5 Å². The minimum atomic E-state index is -0.0714. The Morgan fingerprint density at radius 3 is 2.32 bits per heavy atom.